The van der Waals surface area contributed by atoms with Gasteiger partial charge in [0.05, 0.1) is 0 Å². The van der Waals surface area contributed by atoms with Crippen LogP contribution in [0.15, 0.2) is 48.7 Å². The maximum atomic E-state index is 11.9. The van der Waals surface area contributed by atoms with Crippen LogP contribution in [0.25, 0.3) is 10.7 Å². The fourth-order valence-corrected chi connectivity index (χ4v) is 3.06. The van der Waals surface area contributed by atoms with Gasteiger partial charge in [-0.05, 0) is 42.8 Å². The van der Waals surface area contributed by atoms with Crippen LogP contribution < -0.4 is 16.0 Å². The lowest BCUT2D eigenvalue weighted by Crippen LogP contribution is -2.30. The van der Waals surface area contributed by atoms with Gasteiger partial charge in [0.1, 0.15) is 5.69 Å². The molecule has 0 aliphatic heterocycles. The van der Waals surface area contributed by atoms with E-state index in [2.05, 4.69) is 31.1 Å². The topological polar surface area (TPSA) is 109 Å². The van der Waals surface area contributed by atoms with Crippen LogP contribution in [0.1, 0.15) is 12.8 Å². The smallest absolute Gasteiger partial charge is 0.321 e. The number of nitrogens with one attached hydrogen (secondary N) is 3. The van der Waals surface area contributed by atoms with E-state index in [0.29, 0.717) is 39.5 Å². The van der Waals surface area contributed by atoms with Gasteiger partial charge < -0.3 is 10.6 Å². The number of aromatic nitrogens is 3. The lowest BCUT2D eigenvalue weighted by Gasteiger charge is -2.06. The van der Waals surface area contributed by atoms with Crippen molar-refractivity contribution in [2.75, 3.05) is 17.2 Å². The first-order chi connectivity index (χ1) is 13.6. The van der Waals surface area contributed by atoms with E-state index < -0.39 is 6.03 Å². The Labute approximate surface area is 170 Å². The van der Waals surface area contributed by atoms with Crippen molar-refractivity contribution in [2.45, 2.75) is 12.8 Å². The van der Waals surface area contributed by atoms with Crippen molar-refractivity contribution >= 4 is 45.7 Å². The number of hydrogen-bond donors (Lipinski definition) is 3. The quantitative estimate of drug-likeness (QED) is 0.507. The van der Waals surface area contributed by atoms with Crippen LogP contribution in [0.3, 0.4) is 0 Å². The molecule has 3 aromatic rings. The second-order valence-electron chi connectivity index (χ2n) is 5.67. The molecule has 3 rings (SSSR count). The van der Waals surface area contributed by atoms with Gasteiger partial charge in [0, 0.05) is 29.9 Å². The van der Waals surface area contributed by atoms with E-state index in [4.69, 9.17) is 11.6 Å². The zero-order valence-electron chi connectivity index (χ0n) is 14.7. The monoisotopic (exact) mass is 416 g/mol. The summed E-state index contributed by atoms with van der Waals surface area (Å²) in [4.78, 5) is 28.0. The molecule has 3 amide bonds. The number of amides is 3. The summed E-state index contributed by atoms with van der Waals surface area (Å²) in [6.07, 6.45) is 2.45. The number of carbonyl (C=O) groups excluding carboxylic acids is 2. The molecule has 8 nitrogen and oxygen atoms in total. The van der Waals surface area contributed by atoms with Gasteiger partial charge >= 0.3 is 6.03 Å². The van der Waals surface area contributed by atoms with E-state index in [-0.39, 0.29) is 12.3 Å². The van der Waals surface area contributed by atoms with Gasteiger partial charge in [-0.2, -0.15) is 0 Å². The highest BCUT2D eigenvalue weighted by Gasteiger charge is 2.10. The largest absolute Gasteiger partial charge is 0.338 e. The third-order valence-corrected chi connectivity index (χ3v) is 4.64. The lowest BCUT2D eigenvalue weighted by molar-refractivity contribution is -0.116. The molecule has 0 aliphatic carbocycles. The Morgan fingerprint density at radius 2 is 1.86 bits per heavy atom. The van der Waals surface area contributed by atoms with Crippen molar-refractivity contribution < 1.29 is 9.59 Å². The standard InChI is InChI=1S/C18H17ClN6O2S/c19-12-6-8-13(9-7-12)22-15(26)5-3-11-21-17(27)23-18-25-24-16(28-18)14-4-1-2-10-20-14/h1-2,4,6-10H,3,5,11H2,(H,22,26)(H2,21,23,25,27). The number of halogens is 1. The molecule has 3 N–H and O–H groups in total. The molecule has 1 aromatic carbocycles. The predicted molar refractivity (Wildman–Crippen MR) is 109 cm³/mol. The summed E-state index contributed by atoms with van der Waals surface area (Å²) in [7, 11) is 0. The lowest BCUT2D eigenvalue weighted by atomic mass is 10.2. The molecule has 0 unspecified atom stereocenters. The number of nitrogens with zero attached hydrogens (tertiary/aromatic N) is 3. The summed E-state index contributed by atoms with van der Waals surface area (Å²) >= 11 is 7.03. The number of pyridine rings is 1. The zero-order valence-corrected chi connectivity index (χ0v) is 16.3. The van der Waals surface area contributed by atoms with E-state index in [1.807, 2.05) is 18.2 Å². The molecule has 0 spiro atoms. The molecule has 0 aliphatic rings. The van der Waals surface area contributed by atoms with Crippen molar-refractivity contribution in [2.24, 2.45) is 0 Å². The predicted octanol–water partition coefficient (Wildman–Crippen LogP) is 3.79. The van der Waals surface area contributed by atoms with Gasteiger partial charge in [-0.3, -0.25) is 15.1 Å². The first kappa shape index (κ1) is 19.7. The molecule has 0 atom stereocenters. The Morgan fingerprint density at radius 3 is 2.61 bits per heavy atom. The normalized spacial score (nSPS) is 10.3. The Balaban J connectivity index is 1.36. The van der Waals surface area contributed by atoms with Crippen molar-refractivity contribution in [3.63, 3.8) is 0 Å². The minimum atomic E-state index is -0.401. The van der Waals surface area contributed by atoms with Crippen molar-refractivity contribution in [1.29, 1.82) is 0 Å². The molecule has 0 radical (unpaired) electrons. The maximum Gasteiger partial charge on any atom is 0.321 e. The SMILES string of the molecule is O=C(CCCNC(=O)Nc1nnc(-c2ccccn2)s1)Nc1ccc(Cl)cc1. The number of hydrogen-bond acceptors (Lipinski definition) is 6. The highest BCUT2D eigenvalue weighted by molar-refractivity contribution is 7.18. The van der Waals surface area contributed by atoms with Crippen LogP contribution in [0, 0.1) is 0 Å². The number of benzene rings is 1. The van der Waals surface area contributed by atoms with Gasteiger partial charge in [-0.25, -0.2) is 4.79 Å². The van der Waals surface area contributed by atoms with E-state index in [9.17, 15) is 9.59 Å². The van der Waals surface area contributed by atoms with Gasteiger partial charge in [0.2, 0.25) is 11.0 Å². The van der Waals surface area contributed by atoms with Crippen molar-refractivity contribution in [3.05, 3.63) is 53.7 Å². The average Bonchev–Trinajstić information content (AvgIpc) is 3.16. The third-order valence-electron chi connectivity index (χ3n) is 3.52. The molecule has 0 fully saturated rings. The fourth-order valence-electron chi connectivity index (χ4n) is 2.22. The van der Waals surface area contributed by atoms with E-state index >= 15 is 0 Å². The molecule has 2 aromatic heterocycles. The first-order valence-electron chi connectivity index (χ1n) is 8.45. The van der Waals surface area contributed by atoms with Crippen LogP contribution >= 0.6 is 22.9 Å². The van der Waals surface area contributed by atoms with Crippen molar-refractivity contribution in [1.82, 2.24) is 20.5 Å². The van der Waals surface area contributed by atoms with Gasteiger partial charge in [0.15, 0.2) is 5.01 Å². The Morgan fingerprint density at radius 1 is 1.04 bits per heavy atom. The van der Waals surface area contributed by atoms with E-state index in [0.717, 1.165) is 0 Å². The summed E-state index contributed by atoms with van der Waals surface area (Å²) in [5.74, 6) is -0.131. The first-order valence-corrected chi connectivity index (χ1v) is 9.65. The Kier molecular flexibility index (Phi) is 6.88. The molecule has 0 saturated carbocycles. The molecule has 10 heteroatoms. The number of rotatable bonds is 7. The Hall–Kier alpha value is -3.04. The molecule has 28 heavy (non-hydrogen) atoms. The summed E-state index contributed by atoms with van der Waals surface area (Å²) in [6.45, 7) is 0.353. The molecule has 0 saturated heterocycles. The molecule has 0 bridgehead atoms. The molecular formula is C18H17ClN6O2S. The maximum absolute atomic E-state index is 11.9. The highest BCUT2D eigenvalue weighted by atomic mass is 35.5. The van der Waals surface area contributed by atoms with Gasteiger partial charge in [-0.1, -0.05) is 29.0 Å². The van der Waals surface area contributed by atoms with Crippen LogP contribution in [0.5, 0.6) is 0 Å². The van der Waals surface area contributed by atoms with Crippen LogP contribution in [0.2, 0.25) is 5.02 Å². The summed E-state index contributed by atoms with van der Waals surface area (Å²) in [5.41, 5.74) is 1.38. The van der Waals surface area contributed by atoms with Crippen LogP contribution in [0.4, 0.5) is 15.6 Å². The third kappa shape index (κ3) is 6.00. The fraction of sp³-hybridized carbons (Fsp3) is 0.167. The second-order valence-corrected chi connectivity index (χ2v) is 7.08. The minimum absolute atomic E-state index is 0.131. The number of carbonyl (C=O) groups is 2. The summed E-state index contributed by atoms with van der Waals surface area (Å²) in [5, 5.41) is 17.6. The van der Waals surface area contributed by atoms with Crippen LogP contribution in [-0.2, 0) is 4.79 Å². The summed E-state index contributed by atoms with van der Waals surface area (Å²) in [6, 6.07) is 12.0. The van der Waals surface area contributed by atoms with Gasteiger partial charge in [-0.15, -0.1) is 10.2 Å². The van der Waals surface area contributed by atoms with E-state index in [1.54, 1.807) is 30.5 Å². The Bertz CT molecular complexity index is 933. The number of urea groups is 1. The number of anilines is 2. The minimum Gasteiger partial charge on any atom is -0.338 e. The molecule has 2 heterocycles. The van der Waals surface area contributed by atoms with Crippen LogP contribution in [-0.4, -0.2) is 33.7 Å². The highest BCUT2D eigenvalue weighted by Crippen LogP contribution is 2.24. The van der Waals surface area contributed by atoms with Gasteiger partial charge in [0.25, 0.3) is 0 Å². The molecular weight excluding hydrogens is 400 g/mol. The zero-order chi connectivity index (χ0) is 19.8. The summed E-state index contributed by atoms with van der Waals surface area (Å²) < 4.78 is 0. The molecule has 144 valence electrons. The second kappa shape index (κ2) is 9.77. The van der Waals surface area contributed by atoms with Crippen molar-refractivity contribution in [3.8, 4) is 10.7 Å². The average molecular weight is 417 g/mol. The van der Waals surface area contributed by atoms with E-state index in [1.165, 1.54) is 11.3 Å².